The second kappa shape index (κ2) is 6.46. The van der Waals surface area contributed by atoms with E-state index in [9.17, 15) is 4.79 Å². The molecule has 1 aromatic carbocycles. The lowest BCUT2D eigenvalue weighted by Crippen LogP contribution is -2.23. The lowest BCUT2D eigenvalue weighted by Gasteiger charge is -2.24. The van der Waals surface area contributed by atoms with Gasteiger partial charge in [0.1, 0.15) is 0 Å². The Labute approximate surface area is 136 Å². The van der Waals surface area contributed by atoms with Crippen LogP contribution >= 0.6 is 0 Å². The number of aromatic carboxylic acids is 1. The summed E-state index contributed by atoms with van der Waals surface area (Å²) < 4.78 is 0. The summed E-state index contributed by atoms with van der Waals surface area (Å²) in [6, 6.07) is 10.0. The van der Waals surface area contributed by atoms with E-state index in [1.54, 1.807) is 6.92 Å². The molecule has 23 heavy (non-hydrogen) atoms. The first-order chi connectivity index (χ1) is 11.0. The highest BCUT2D eigenvalue weighted by Crippen LogP contribution is 2.26. The van der Waals surface area contributed by atoms with Crippen LogP contribution in [0.15, 0.2) is 30.3 Å². The Hall–Kier alpha value is -2.27. The highest BCUT2D eigenvalue weighted by molar-refractivity contribution is 5.86. The summed E-state index contributed by atoms with van der Waals surface area (Å²) in [6.07, 6.45) is 2.55. The van der Waals surface area contributed by atoms with Crippen LogP contribution < -0.4 is 0 Å². The van der Waals surface area contributed by atoms with Gasteiger partial charge in [-0.15, -0.1) is 0 Å². The van der Waals surface area contributed by atoms with Gasteiger partial charge in [0.2, 0.25) is 0 Å². The third kappa shape index (κ3) is 3.40. The molecule has 1 atom stereocenters. The summed E-state index contributed by atoms with van der Waals surface area (Å²) in [5, 5.41) is 9.12. The maximum absolute atomic E-state index is 11.1. The van der Waals surface area contributed by atoms with Gasteiger partial charge in [0.05, 0.1) is 0 Å². The lowest BCUT2D eigenvalue weighted by atomic mass is 10.0. The van der Waals surface area contributed by atoms with Gasteiger partial charge in [-0.1, -0.05) is 24.3 Å². The minimum Gasteiger partial charge on any atom is -0.477 e. The fourth-order valence-electron chi connectivity index (χ4n) is 3.06. The molecule has 0 unspecified atom stereocenters. The first kappa shape index (κ1) is 15.6. The minimum absolute atomic E-state index is 0.0296. The van der Waals surface area contributed by atoms with Crippen LogP contribution in [0, 0.1) is 6.92 Å². The van der Waals surface area contributed by atoms with Crippen LogP contribution in [0.4, 0.5) is 0 Å². The molecule has 1 N–H and O–H groups in total. The highest BCUT2D eigenvalue weighted by atomic mass is 16.4. The third-order valence-electron chi connectivity index (χ3n) is 4.41. The molecule has 0 bridgehead atoms. The fraction of sp³-hybridized carbons (Fsp3) is 0.389. The predicted octanol–water partition coefficient (Wildman–Crippen LogP) is 3.31. The number of likely N-dealkylation sites (tertiary alicyclic amines) is 1. The molecule has 0 aliphatic carbocycles. The number of benzene rings is 1. The third-order valence-corrected chi connectivity index (χ3v) is 4.41. The SMILES string of the molecule is Cc1cc(C(=O)O)nc(-c2ccc([C@@H](C)N3CCCC3)cc2)n1. The zero-order valence-electron chi connectivity index (χ0n) is 13.5. The second-order valence-corrected chi connectivity index (χ2v) is 6.06. The van der Waals surface area contributed by atoms with Gasteiger partial charge in [-0.2, -0.15) is 0 Å². The van der Waals surface area contributed by atoms with Crippen molar-refractivity contribution in [2.75, 3.05) is 13.1 Å². The number of carboxylic acids is 1. The summed E-state index contributed by atoms with van der Waals surface area (Å²) in [5.41, 5.74) is 2.79. The van der Waals surface area contributed by atoms with Crippen molar-refractivity contribution in [3.05, 3.63) is 47.3 Å². The maximum Gasteiger partial charge on any atom is 0.354 e. The van der Waals surface area contributed by atoms with Gasteiger partial charge in [0.25, 0.3) is 0 Å². The Balaban J connectivity index is 1.86. The summed E-state index contributed by atoms with van der Waals surface area (Å²) in [5.74, 6) is -0.571. The van der Waals surface area contributed by atoms with Crippen molar-refractivity contribution < 1.29 is 9.90 Å². The summed E-state index contributed by atoms with van der Waals surface area (Å²) >= 11 is 0. The van der Waals surface area contributed by atoms with Crippen molar-refractivity contribution in [3.63, 3.8) is 0 Å². The molecule has 0 radical (unpaired) electrons. The van der Waals surface area contributed by atoms with E-state index in [1.807, 2.05) is 12.1 Å². The van der Waals surface area contributed by atoms with Gasteiger partial charge in [-0.25, -0.2) is 14.8 Å². The average molecular weight is 311 g/mol. The molecule has 5 heteroatoms. The van der Waals surface area contributed by atoms with E-state index >= 15 is 0 Å². The van der Waals surface area contributed by atoms with Crippen LogP contribution in [0.1, 0.15) is 47.6 Å². The molecule has 1 aliphatic rings. The number of rotatable bonds is 4. The average Bonchev–Trinajstić information content (AvgIpc) is 3.08. The van der Waals surface area contributed by atoms with Crippen LogP contribution in [0.3, 0.4) is 0 Å². The molecule has 5 nitrogen and oxygen atoms in total. The van der Waals surface area contributed by atoms with Gasteiger partial charge in [0, 0.05) is 17.3 Å². The van der Waals surface area contributed by atoms with Crippen molar-refractivity contribution in [1.29, 1.82) is 0 Å². The van der Waals surface area contributed by atoms with E-state index in [0.717, 1.165) is 18.7 Å². The summed E-state index contributed by atoms with van der Waals surface area (Å²) in [7, 11) is 0. The molecule has 120 valence electrons. The molecule has 1 saturated heterocycles. The molecular weight excluding hydrogens is 290 g/mol. The van der Waals surface area contributed by atoms with E-state index in [-0.39, 0.29) is 5.69 Å². The molecule has 1 aromatic heterocycles. The van der Waals surface area contributed by atoms with Gasteiger partial charge in [-0.05, 0) is 51.4 Å². The van der Waals surface area contributed by atoms with Crippen molar-refractivity contribution in [2.24, 2.45) is 0 Å². The number of carbonyl (C=O) groups is 1. The Kier molecular flexibility index (Phi) is 4.39. The number of nitrogens with zero attached hydrogens (tertiary/aromatic N) is 3. The van der Waals surface area contributed by atoms with E-state index in [4.69, 9.17) is 5.11 Å². The Bertz CT molecular complexity index is 707. The normalized spacial score (nSPS) is 16.4. The molecule has 3 rings (SSSR count). The fourth-order valence-corrected chi connectivity index (χ4v) is 3.06. The summed E-state index contributed by atoms with van der Waals surface area (Å²) in [6.45, 7) is 6.32. The van der Waals surface area contributed by atoms with Crippen LogP contribution in [-0.2, 0) is 0 Å². The van der Waals surface area contributed by atoms with Crippen molar-refractivity contribution in [1.82, 2.24) is 14.9 Å². The predicted molar refractivity (Wildman–Crippen MR) is 88.4 cm³/mol. The number of aryl methyl sites for hydroxylation is 1. The van der Waals surface area contributed by atoms with Crippen molar-refractivity contribution >= 4 is 5.97 Å². The smallest absolute Gasteiger partial charge is 0.354 e. The van der Waals surface area contributed by atoms with Gasteiger partial charge >= 0.3 is 5.97 Å². The first-order valence-electron chi connectivity index (χ1n) is 7.98. The molecule has 2 heterocycles. The topological polar surface area (TPSA) is 66.3 Å². The van der Waals surface area contributed by atoms with Crippen LogP contribution in [-0.4, -0.2) is 39.0 Å². The lowest BCUT2D eigenvalue weighted by molar-refractivity contribution is 0.0690. The van der Waals surface area contributed by atoms with Gasteiger partial charge in [0.15, 0.2) is 11.5 Å². The Morgan fingerprint density at radius 2 is 1.83 bits per heavy atom. The molecule has 0 amide bonds. The minimum atomic E-state index is -1.03. The second-order valence-electron chi connectivity index (χ2n) is 6.06. The molecule has 1 fully saturated rings. The molecular formula is C18H21N3O2. The largest absolute Gasteiger partial charge is 0.477 e. The Morgan fingerprint density at radius 3 is 2.43 bits per heavy atom. The highest BCUT2D eigenvalue weighted by Gasteiger charge is 2.19. The van der Waals surface area contributed by atoms with E-state index in [1.165, 1.54) is 24.5 Å². The van der Waals surface area contributed by atoms with Gasteiger partial charge in [-0.3, -0.25) is 4.90 Å². The van der Waals surface area contributed by atoms with Crippen LogP contribution in [0.5, 0.6) is 0 Å². The van der Waals surface area contributed by atoms with E-state index in [0.29, 0.717) is 17.6 Å². The van der Waals surface area contributed by atoms with Crippen molar-refractivity contribution in [3.8, 4) is 11.4 Å². The zero-order chi connectivity index (χ0) is 16.4. The molecule has 2 aromatic rings. The Morgan fingerprint density at radius 1 is 1.17 bits per heavy atom. The van der Waals surface area contributed by atoms with E-state index < -0.39 is 5.97 Å². The van der Waals surface area contributed by atoms with Crippen molar-refractivity contribution in [2.45, 2.75) is 32.7 Å². The first-order valence-corrected chi connectivity index (χ1v) is 7.98. The van der Waals surface area contributed by atoms with E-state index in [2.05, 4.69) is 33.9 Å². The molecule has 0 spiro atoms. The van der Waals surface area contributed by atoms with Crippen LogP contribution in [0.2, 0.25) is 0 Å². The zero-order valence-corrected chi connectivity index (χ0v) is 13.5. The van der Waals surface area contributed by atoms with Crippen LogP contribution in [0.25, 0.3) is 11.4 Å². The monoisotopic (exact) mass is 311 g/mol. The number of carboxylic acid groups (broad SMARTS) is 1. The number of hydrogen-bond donors (Lipinski definition) is 1. The maximum atomic E-state index is 11.1. The number of aromatic nitrogens is 2. The summed E-state index contributed by atoms with van der Waals surface area (Å²) in [4.78, 5) is 22.1. The quantitative estimate of drug-likeness (QED) is 0.938. The molecule has 1 aliphatic heterocycles. The standard InChI is InChI=1S/C18H21N3O2/c1-12-11-16(18(22)23)20-17(19-12)15-7-5-14(6-8-15)13(2)21-9-3-4-10-21/h5-8,11,13H,3-4,9-10H2,1-2H3,(H,22,23)/t13-/m1/s1. The molecule has 0 saturated carbocycles. The van der Waals surface area contributed by atoms with Gasteiger partial charge < -0.3 is 5.11 Å². The number of hydrogen-bond acceptors (Lipinski definition) is 4.